The molecule has 4 heterocycles. The van der Waals surface area contributed by atoms with E-state index in [9.17, 15) is 4.39 Å². The summed E-state index contributed by atoms with van der Waals surface area (Å²) in [5.41, 5.74) is 5.73. The smallest absolute Gasteiger partial charge is 0.123 e. The van der Waals surface area contributed by atoms with Crippen LogP contribution in [0.1, 0.15) is 26.2 Å². The second-order valence-electron chi connectivity index (χ2n) is 7.52. The normalized spacial score (nSPS) is 18.8. The number of aromatic amines is 1. The van der Waals surface area contributed by atoms with Crippen LogP contribution >= 0.6 is 0 Å². The van der Waals surface area contributed by atoms with E-state index in [0.29, 0.717) is 0 Å². The Morgan fingerprint density at radius 2 is 1.79 bits per heavy atom. The summed E-state index contributed by atoms with van der Waals surface area (Å²) in [5, 5.41) is 0. The van der Waals surface area contributed by atoms with Gasteiger partial charge in [-0.05, 0) is 86.3 Å². The molecule has 0 bridgehead atoms. The average Bonchev–Trinajstić information content (AvgIpc) is 3.39. The first kappa shape index (κ1) is 18.6. The van der Waals surface area contributed by atoms with Crippen LogP contribution in [0.4, 0.5) is 4.39 Å². The molecule has 4 heteroatoms. The lowest BCUT2D eigenvalue weighted by molar-refractivity contribution is 0.279. The van der Waals surface area contributed by atoms with Gasteiger partial charge in [0.15, 0.2) is 0 Å². The van der Waals surface area contributed by atoms with Crippen molar-refractivity contribution in [3.8, 4) is 22.4 Å². The minimum atomic E-state index is -0.226. The molecule has 2 aliphatic rings. The molecular formula is C24H26FN3. The summed E-state index contributed by atoms with van der Waals surface area (Å²) >= 11 is 0. The van der Waals surface area contributed by atoms with Crippen molar-refractivity contribution in [1.82, 2.24) is 14.9 Å². The molecule has 0 radical (unpaired) electrons. The molecule has 0 aliphatic carbocycles. The van der Waals surface area contributed by atoms with Gasteiger partial charge in [-0.1, -0.05) is 11.6 Å². The Balaban J connectivity index is 0.000000162. The number of hydrogen-bond acceptors (Lipinski definition) is 2. The lowest BCUT2D eigenvalue weighted by atomic mass is 10.0. The van der Waals surface area contributed by atoms with Gasteiger partial charge in [0.1, 0.15) is 5.82 Å². The van der Waals surface area contributed by atoms with Crippen molar-refractivity contribution in [2.75, 3.05) is 13.1 Å². The number of H-pyrrole nitrogens is 1. The number of hydrogen-bond donors (Lipinski definition) is 1. The van der Waals surface area contributed by atoms with Gasteiger partial charge in [0.2, 0.25) is 0 Å². The summed E-state index contributed by atoms with van der Waals surface area (Å²) in [7, 11) is 0. The van der Waals surface area contributed by atoms with Gasteiger partial charge in [-0.15, -0.1) is 0 Å². The Morgan fingerprint density at radius 1 is 1.00 bits per heavy atom. The lowest BCUT2D eigenvalue weighted by Gasteiger charge is -2.26. The number of halogens is 1. The zero-order valence-corrected chi connectivity index (χ0v) is 16.2. The van der Waals surface area contributed by atoms with E-state index in [1.165, 1.54) is 44.5 Å². The van der Waals surface area contributed by atoms with Crippen molar-refractivity contribution in [3.05, 3.63) is 78.5 Å². The summed E-state index contributed by atoms with van der Waals surface area (Å²) < 4.78 is 12.9. The maximum absolute atomic E-state index is 12.9. The van der Waals surface area contributed by atoms with Crippen LogP contribution in [-0.4, -0.2) is 34.0 Å². The summed E-state index contributed by atoms with van der Waals surface area (Å²) in [4.78, 5) is 9.81. The van der Waals surface area contributed by atoms with E-state index in [4.69, 9.17) is 0 Å². The van der Waals surface area contributed by atoms with Gasteiger partial charge in [0.25, 0.3) is 0 Å². The van der Waals surface area contributed by atoms with E-state index in [2.05, 4.69) is 27.9 Å². The number of benzene rings is 1. The van der Waals surface area contributed by atoms with Crippen molar-refractivity contribution in [1.29, 1.82) is 0 Å². The second-order valence-corrected chi connectivity index (χ2v) is 7.52. The zero-order valence-electron chi connectivity index (χ0n) is 16.2. The molecule has 3 nitrogen and oxygen atoms in total. The fourth-order valence-corrected chi connectivity index (χ4v) is 4.05. The first-order chi connectivity index (χ1) is 13.7. The van der Waals surface area contributed by atoms with Crippen LogP contribution in [0.5, 0.6) is 0 Å². The highest BCUT2D eigenvalue weighted by Gasteiger charge is 2.24. The predicted octanol–water partition coefficient (Wildman–Crippen LogP) is 5.68. The number of rotatable bonds is 2. The molecule has 1 atom stereocenters. The number of fused-ring (bicyclic) bond motifs is 1. The highest BCUT2D eigenvalue weighted by atomic mass is 19.1. The van der Waals surface area contributed by atoms with Crippen LogP contribution < -0.4 is 0 Å². The molecule has 3 aromatic rings. The third-order valence-corrected chi connectivity index (χ3v) is 5.56. The van der Waals surface area contributed by atoms with Crippen LogP contribution in [-0.2, 0) is 0 Å². The number of nitrogens with one attached hydrogen (secondary N) is 1. The zero-order chi connectivity index (χ0) is 19.3. The quantitative estimate of drug-likeness (QED) is 0.584. The van der Waals surface area contributed by atoms with E-state index in [0.717, 1.165) is 28.4 Å². The molecule has 0 saturated carbocycles. The highest BCUT2D eigenvalue weighted by Crippen LogP contribution is 2.30. The van der Waals surface area contributed by atoms with Gasteiger partial charge in [0.05, 0.1) is 5.69 Å². The molecule has 1 unspecified atom stereocenters. The summed E-state index contributed by atoms with van der Waals surface area (Å²) in [5.74, 6) is -0.226. The third kappa shape index (κ3) is 4.23. The minimum absolute atomic E-state index is 0.226. The number of aromatic nitrogens is 2. The summed E-state index contributed by atoms with van der Waals surface area (Å²) in [6.07, 6.45) is 12.0. The SMILES string of the molecule is CC1=CC2CCCN2CC1.Fc1ccc(-c2[nH]ccc2-c2ccncc2)cc1. The number of pyridine rings is 1. The molecule has 2 aliphatic heterocycles. The Labute approximate surface area is 165 Å². The first-order valence-corrected chi connectivity index (χ1v) is 9.96. The monoisotopic (exact) mass is 375 g/mol. The Hall–Kier alpha value is -2.72. The van der Waals surface area contributed by atoms with Crippen molar-refractivity contribution in [2.45, 2.75) is 32.2 Å². The molecule has 1 fully saturated rings. The van der Waals surface area contributed by atoms with Gasteiger partial charge < -0.3 is 4.98 Å². The van der Waals surface area contributed by atoms with Crippen molar-refractivity contribution >= 4 is 0 Å². The van der Waals surface area contributed by atoms with E-state index in [1.54, 1.807) is 30.1 Å². The minimum Gasteiger partial charge on any atom is -0.361 e. The Morgan fingerprint density at radius 3 is 2.57 bits per heavy atom. The second kappa shape index (κ2) is 8.53. The van der Waals surface area contributed by atoms with Gasteiger partial charge in [-0.25, -0.2) is 4.39 Å². The molecule has 5 rings (SSSR count). The van der Waals surface area contributed by atoms with E-state index >= 15 is 0 Å². The van der Waals surface area contributed by atoms with Crippen LogP contribution in [0, 0.1) is 5.82 Å². The van der Waals surface area contributed by atoms with Crippen LogP contribution in [0.2, 0.25) is 0 Å². The molecule has 0 amide bonds. The molecule has 1 saturated heterocycles. The number of nitrogens with zero attached hydrogens (tertiary/aromatic N) is 2. The van der Waals surface area contributed by atoms with Crippen molar-refractivity contribution in [2.24, 2.45) is 0 Å². The topological polar surface area (TPSA) is 31.9 Å². The highest BCUT2D eigenvalue weighted by molar-refractivity contribution is 5.80. The molecule has 1 aromatic carbocycles. The predicted molar refractivity (Wildman–Crippen MR) is 112 cm³/mol. The molecule has 2 aromatic heterocycles. The van der Waals surface area contributed by atoms with E-state index < -0.39 is 0 Å². The fraction of sp³-hybridized carbons (Fsp3) is 0.292. The van der Waals surface area contributed by atoms with Crippen LogP contribution in [0.15, 0.2) is 72.7 Å². The molecular weight excluding hydrogens is 349 g/mol. The Bertz CT molecular complexity index is 928. The first-order valence-electron chi connectivity index (χ1n) is 9.96. The molecule has 144 valence electrons. The van der Waals surface area contributed by atoms with Crippen molar-refractivity contribution < 1.29 is 4.39 Å². The summed E-state index contributed by atoms with van der Waals surface area (Å²) in [6.45, 7) is 4.91. The molecule has 1 N–H and O–H groups in total. The average molecular weight is 375 g/mol. The summed E-state index contributed by atoms with van der Waals surface area (Å²) in [6, 6.07) is 13.2. The van der Waals surface area contributed by atoms with Crippen LogP contribution in [0.3, 0.4) is 0 Å². The molecule has 0 spiro atoms. The Kier molecular flexibility index (Phi) is 5.68. The molecule has 28 heavy (non-hydrogen) atoms. The largest absolute Gasteiger partial charge is 0.361 e. The standard InChI is InChI=1S/C15H11FN2.C9H15N/c16-13-3-1-12(2-4-13)15-14(7-10-18-15)11-5-8-17-9-6-11;1-8-4-6-10-5-2-3-9(10)7-8/h1-10,18H;7,9H,2-6H2,1H3. The fourth-order valence-electron chi connectivity index (χ4n) is 4.05. The third-order valence-electron chi connectivity index (χ3n) is 5.56. The van der Waals surface area contributed by atoms with Crippen LogP contribution in [0.25, 0.3) is 22.4 Å². The maximum Gasteiger partial charge on any atom is 0.123 e. The maximum atomic E-state index is 12.9. The van der Waals surface area contributed by atoms with Gasteiger partial charge in [0, 0.05) is 36.7 Å². The van der Waals surface area contributed by atoms with E-state index in [1.807, 2.05) is 24.4 Å². The lowest BCUT2D eigenvalue weighted by Crippen LogP contribution is -2.32. The van der Waals surface area contributed by atoms with Crippen molar-refractivity contribution in [3.63, 3.8) is 0 Å². The van der Waals surface area contributed by atoms with Gasteiger partial charge in [-0.3, -0.25) is 9.88 Å². The van der Waals surface area contributed by atoms with E-state index in [-0.39, 0.29) is 5.82 Å². The van der Waals surface area contributed by atoms with Gasteiger partial charge >= 0.3 is 0 Å². The van der Waals surface area contributed by atoms with Gasteiger partial charge in [-0.2, -0.15) is 0 Å².